The van der Waals surface area contributed by atoms with Gasteiger partial charge in [-0.2, -0.15) is 0 Å². The molecule has 0 aromatic heterocycles. The van der Waals surface area contributed by atoms with E-state index in [1.54, 1.807) is 0 Å². The maximum absolute atomic E-state index is 12.0. The SMILES string of the molecule is C=C(COC(C)=O)[C@@H]1CCC2(COC(C)=O)CC[C@]3(C)C(CCC4[C@@]5(C)CC[C@H](O)[C@@](C)(CO)C5CC[C@]43C)C12. The zero-order chi connectivity index (χ0) is 29.3. The van der Waals surface area contributed by atoms with Crippen molar-refractivity contribution in [2.24, 2.45) is 56.7 Å². The van der Waals surface area contributed by atoms with Gasteiger partial charge in [-0.05, 0) is 116 Å². The van der Waals surface area contributed by atoms with E-state index in [0.717, 1.165) is 69.8 Å². The van der Waals surface area contributed by atoms with Crippen molar-refractivity contribution in [1.82, 2.24) is 0 Å². The van der Waals surface area contributed by atoms with Crippen molar-refractivity contribution in [3.05, 3.63) is 12.2 Å². The first-order valence-electron chi connectivity index (χ1n) is 15.9. The topological polar surface area (TPSA) is 93.1 Å². The third kappa shape index (κ3) is 4.16. The zero-order valence-electron chi connectivity index (χ0n) is 25.9. The van der Waals surface area contributed by atoms with E-state index in [9.17, 15) is 19.8 Å². The molecule has 226 valence electrons. The molecule has 2 N–H and O–H groups in total. The summed E-state index contributed by atoms with van der Waals surface area (Å²) in [6.07, 6.45) is 10.0. The molecule has 0 aliphatic heterocycles. The fourth-order valence-electron chi connectivity index (χ4n) is 12.0. The van der Waals surface area contributed by atoms with Crippen LogP contribution in [0.2, 0.25) is 0 Å². The van der Waals surface area contributed by atoms with Gasteiger partial charge in [-0.1, -0.05) is 34.3 Å². The van der Waals surface area contributed by atoms with Gasteiger partial charge in [0.15, 0.2) is 0 Å². The average Bonchev–Trinajstić information content (AvgIpc) is 3.29. The molecule has 40 heavy (non-hydrogen) atoms. The number of aliphatic hydroxyl groups is 2. The molecule has 6 heteroatoms. The number of fused-ring (bicyclic) bond motifs is 7. The van der Waals surface area contributed by atoms with Crippen LogP contribution in [-0.2, 0) is 19.1 Å². The predicted octanol–water partition coefficient (Wildman–Crippen LogP) is 6.08. The standard InChI is InChI=1S/C34H54O6/c1-21(18-39-22(2)36)24-10-15-34(20-40-23(3)37)17-16-32(6)25(29(24)34)8-9-27-30(4)13-12-28(38)31(5,19-35)26(30)11-14-33(27,32)7/h24-29,35,38H,1,8-20H2,2-7H3/t24-,25?,26?,27?,28-,29?,30-,31-,32+,33+,34?/m0/s1. The van der Waals surface area contributed by atoms with Gasteiger partial charge in [-0.25, -0.2) is 0 Å². The quantitative estimate of drug-likeness (QED) is 0.303. The summed E-state index contributed by atoms with van der Waals surface area (Å²) in [4.78, 5) is 23.6. The van der Waals surface area contributed by atoms with Crippen molar-refractivity contribution >= 4 is 11.9 Å². The molecule has 5 fully saturated rings. The molecule has 0 bridgehead atoms. The lowest BCUT2D eigenvalue weighted by molar-refractivity contribution is -0.255. The minimum absolute atomic E-state index is 0.0462. The van der Waals surface area contributed by atoms with E-state index in [2.05, 4.69) is 34.3 Å². The number of esters is 2. The van der Waals surface area contributed by atoms with Crippen LogP contribution in [-0.4, -0.2) is 48.1 Å². The Balaban J connectivity index is 1.51. The lowest BCUT2D eigenvalue weighted by Gasteiger charge is -2.73. The Morgan fingerprint density at radius 3 is 2.17 bits per heavy atom. The number of aliphatic hydroxyl groups excluding tert-OH is 2. The van der Waals surface area contributed by atoms with Crippen molar-refractivity contribution in [2.45, 2.75) is 112 Å². The van der Waals surface area contributed by atoms with Crippen molar-refractivity contribution in [3.63, 3.8) is 0 Å². The summed E-state index contributed by atoms with van der Waals surface area (Å²) in [6, 6.07) is 0. The molecule has 6 nitrogen and oxygen atoms in total. The highest BCUT2D eigenvalue weighted by Gasteiger charge is 2.71. The number of carbonyl (C=O) groups is 2. The Labute approximate surface area is 241 Å². The first-order chi connectivity index (χ1) is 18.7. The second-order valence-electron chi connectivity index (χ2n) is 15.6. The number of hydrogen-bond acceptors (Lipinski definition) is 6. The highest BCUT2D eigenvalue weighted by Crippen LogP contribution is 2.77. The van der Waals surface area contributed by atoms with E-state index in [1.165, 1.54) is 13.8 Å². The second kappa shape index (κ2) is 10.1. The normalized spacial score (nSPS) is 49.6. The summed E-state index contributed by atoms with van der Waals surface area (Å²) in [5.74, 6) is 1.48. The maximum Gasteiger partial charge on any atom is 0.302 e. The zero-order valence-corrected chi connectivity index (χ0v) is 25.9. The van der Waals surface area contributed by atoms with Crippen LogP contribution in [0.15, 0.2) is 12.2 Å². The van der Waals surface area contributed by atoms with E-state index < -0.39 is 11.5 Å². The number of carbonyl (C=O) groups excluding carboxylic acids is 2. The Morgan fingerprint density at radius 2 is 1.52 bits per heavy atom. The summed E-state index contributed by atoms with van der Waals surface area (Å²) in [5, 5.41) is 21.5. The molecule has 0 spiro atoms. The fourth-order valence-corrected chi connectivity index (χ4v) is 12.0. The lowest BCUT2D eigenvalue weighted by Crippen LogP contribution is -2.67. The van der Waals surface area contributed by atoms with Crippen molar-refractivity contribution in [1.29, 1.82) is 0 Å². The summed E-state index contributed by atoms with van der Waals surface area (Å²) >= 11 is 0. The first kappa shape index (κ1) is 30.1. The van der Waals surface area contributed by atoms with Crippen molar-refractivity contribution in [3.8, 4) is 0 Å². The van der Waals surface area contributed by atoms with Crippen LogP contribution in [0.25, 0.3) is 0 Å². The van der Waals surface area contributed by atoms with Gasteiger partial charge in [0.2, 0.25) is 0 Å². The van der Waals surface area contributed by atoms with E-state index in [1.807, 2.05) is 0 Å². The van der Waals surface area contributed by atoms with Gasteiger partial charge in [-0.3, -0.25) is 9.59 Å². The molecule has 5 aliphatic rings. The molecule has 5 aliphatic carbocycles. The highest BCUT2D eigenvalue weighted by atomic mass is 16.5. The van der Waals surface area contributed by atoms with Crippen LogP contribution < -0.4 is 0 Å². The Bertz CT molecular complexity index is 1040. The van der Waals surface area contributed by atoms with Gasteiger partial charge in [0.1, 0.15) is 6.61 Å². The number of ether oxygens (including phenoxy) is 2. The average molecular weight is 559 g/mol. The van der Waals surface area contributed by atoms with Gasteiger partial charge >= 0.3 is 11.9 Å². The summed E-state index contributed by atoms with van der Waals surface area (Å²) in [7, 11) is 0. The molecule has 0 radical (unpaired) electrons. The summed E-state index contributed by atoms with van der Waals surface area (Å²) in [5.41, 5.74) is 0.897. The van der Waals surface area contributed by atoms with E-state index in [-0.39, 0.29) is 52.7 Å². The van der Waals surface area contributed by atoms with Gasteiger partial charge in [0.25, 0.3) is 0 Å². The number of rotatable bonds is 6. The second-order valence-corrected chi connectivity index (χ2v) is 15.6. The molecule has 0 saturated heterocycles. The molecule has 0 amide bonds. The smallest absolute Gasteiger partial charge is 0.302 e. The van der Waals surface area contributed by atoms with Crippen LogP contribution in [0.4, 0.5) is 0 Å². The summed E-state index contributed by atoms with van der Waals surface area (Å²) < 4.78 is 11.2. The molecule has 0 heterocycles. The van der Waals surface area contributed by atoms with Gasteiger partial charge in [-0.15, -0.1) is 0 Å². The Hall–Kier alpha value is -1.40. The first-order valence-corrected chi connectivity index (χ1v) is 15.9. The lowest BCUT2D eigenvalue weighted by atomic mass is 9.32. The van der Waals surface area contributed by atoms with Crippen molar-refractivity contribution < 1.29 is 29.3 Å². The van der Waals surface area contributed by atoms with Crippen LogP contribution in [0, 0.1) is 56.7 Å². The Morgan fingerprint density at radius 1 is 0.825 bits per heavy atom. The molecule has 5 saturated carbocycles. The third-order valence-corrected chi connectivity index (χ3v) is 14.3. The van der Waals surface area contributed by atoms with Gasteiger partial charge in [0.05, 0.1) is 19.3 Å². The maximum atomic E-state index is 12.0. The van der Waals surface area contributed by atoms with E-state index in [4.69, 9.17) is 9.47 Å². The van der Waals surface area contributed by atoms with Crippen LogP contribution >= 0.6 is 0 Å². The molecule has 11 atom stereocenters. The van der Waals surface area contributed by atoms with Gasteiger partial charge in [0, 0.05) is 24.7 Å². The van der Waals surface area contributed by atoms with Crippen LogP contribution in [0.3, 0.4) is 0 Å². The van der Waals surface area contributed by atoms with Crippen LogP contribution in [0.1, 0.15) is 106 Å². The van der Waals surface area contributed by atoms with E-state index >= 15 is 0 Å². The van der Waals surface area contributed by atoms with Crippen LogP contribution in [0.5, 0.6) is 0 Å². The largest absolute Gasteiger partial charge is 0.465 e. The van der Waals surface area contributed by atoms with Gasteiger partial charge < -0.3 is 19.7 Å². The molecular formula is C34H54O6. The van der Waals surface area contributed by atoms with Crippen molar-refractivity contribution in [2.75, 3.05) is 19.8 Å². The van der Waals surface area contributed by atoms with E-state index in [0.29, 0.717) is 30.3 Å². The molecule has 5 rings (SSSR count). The minimum Gasteiger partial charge on any atom is -0.465 e. The number of hydrogen-bond donors (Lipinski definition) is 2. The molecule has 0 aromatic rings. The Kier molecular flexibility index (Phi) is 7.60. The third-order valence-electron chi connectivity index (χ3n) is 14.3. The predicted molar refractivity (Wildman–Crippen MR) is 154 cm³/mol. The molecule has 0 aromatic carbocycles. The fraction of sp³-hybridized carbons (Fsp3) is 0.882. The summed E-state index contributed by atoms with van der Waals surface area (Å²) in [6.45, 7) is 18.0. The monoisotopic (exact) mass is 558 g/mol. The molecular weight excluding hydrogens is 504 g/mol. The highest BCUT2D eigenvalue weighted by molar-refractivity contribution is 5.66. The molecule has 5 unspecified atom stereocenters. The minimum atomic E-state index is -0.442.